The first-order valence-corrected chi connectivity index (χ1v) is 6.66. The Morgan fingerprint density at radius 2 is 2.11 bits per heavy atom. The summed E-state index contributed by atoms with van der Waals surface area (Å²) in [5.74, 6) is 1.28. The lowest BCUT2D eigenvalue weighted by Crippen LogP contribution is -2.02. The van der Waals surface area contributed by atoms with Gasteiger partial charge >= 0.3 is 0 Å². The molecule has 0 bridgehead atoms. The fourth-order valence-corrected chi connectivity index (χ4v) is 2.31. The normalized spacial score (nSPS) is 10.8. The number of halogens is 1. The Morgan fingerprint density at radius 1 is 1.21 bits per heavy atom. The summed E-state index contributed by atoms with van der Waals surface area (Å²) in [6.07, 6.45) is 1.93. The molecule has 0 aliphatic rings. The largest absolute Gasteiger partial charge is 0.437 e. The number of rotatable bonds is 3. The number of imidazole rings is 1. The van der Waals surface area contributed by atoms with Gasteiger partial charge < -0.3 is 10.5 Å². The van der Waals surface area contributed by atoms with Gasteiger partial charge in [-0.15, -0.1) is 0 Å². The molecule has 96 valence electrons. The summed E-state index contributed by atoms with van der Waals surface area (Å²) in [7, 11) is 0. The van der Waals surface area contributed by atoms with Crippen LogP contribution in [0, 0.1) is 0 Å². The summed E-state index contributed by atoms with van der Waals surface area (Å²) in [4.78, 5) is 4.45. The molecular weight excluding hydrogens is 306 g/mol. The number of nitrogens with zero attached hydrogens (tertiary/aromatic N) is 2. The summed E-state index contributed by atoms with van der Waals surface area (Å²) in [6.45, 7) is 0.370. The fourth-order valence-electron chi connectivity index (χ4n) is 1.93. The molecule has 0 spiro atoms. The summed E-state index contributed by atoms with van der Waals surface area (Å²) in [5, 5.41) is 0. The molecule has 3 rings (SSSR count). The van der Waals surface area contributed by atoms with Crippen molar-refractivity contribution in [2.24, 2.45) is 5.73 Å². The van der Waals surface area contributed by atoms with E-state index in [9.17, 15) is 0 Å². The van der Waals surface area contributed by atoms with E-state index in [2.05, 4.69) is 20.9 Å². The minimum atomic E-state index is 0.370. The average Bonchev–Trinajstić information content (AvgIpc) is 2.75. The topological polar surface area (TPSA) is 52.5 Å². The number of fused-ring (bicyclic) bond motifs is 1. The van der Waals surface area contributed by atoms with Crippen LogP contribution >= 0.6 is 15.9 Å². The lowest BCUT2D eigenvalue weighted by atomic mass is 10.3. The molecule has 0 atom stereocenters. The molecule has 1 aromatic carbocycles. The third-order valence-electron chi connectivity index (χ3n) is 2.80. The average molecular weight is 318 g/mol. The molecule has 0 fully saturated rings. The van der Waals surface area contributed by atoms with Crippen LogP contribution in [0.25, 0.3) is 5.65 Å². The predicted octanol–water partition coefficient (Wildman–Crippen LogP) is 3.35. The third-order valence-corrected chi connectivity index (χ3v) is 3.29. The molecule has 2 aromatic heterocycles. The van der Waals surface area contributed by atoms with Crippen molar-refractivity contribution >= 4 is 21.6 Å². The highest BCUT2D eigenvalue weighted by Crippen LogP contribution is 2.27. The van der Waals surface area contributed by atoms with Crippen molar-refractivity contribution in [3.63, 3.8) is 0 Å². The highest BCUT2D eigenvalue weighted by molar-refractivity contribution is 9.10. The minimum absolute atomic E-state index is 0.370. The molecule has 0 amide bonds. The van der Waals surface area contributed by atoms with Crippen LogP contribution in [0.2, 0.25) is 0 Å². The van der Waals surface area contributed by atoms with Crippen LogP contribution in [-0.2, 0) is 6.54 Å². The first-order chi connectivity index (χ1) is 9.28. The van der Waals surface area contributed by atoms with Gasteiger partial charge in [0.25, 0.3) is 0 Å². The second-order valence-electron chi connectivity index (χ2n) is 4.06. The van der Waals surface area contributed by atoms with Gasteiger partial charge in [0.2, 0.25) is 5.88 Å². The van der Waals surface area contributed by atoms with Crippen LogP contribution in [-0.4, -0.2) is 9.38 Å². The molecule has 0 saturated heterocycles. The number of hydrogen-bond donors (Lipinski definition) is 1. The van der Waals surface area contributed by atoms with E-state index in [1.165, 1.54) is 0 Å². The Hall–Kier alpha value is -1.85. The fraction of sp³-hybridized carbons (Fsp3) is 0.0714. The number of hydrogen-bond acceptors (Lipinski definition) is 3. The van der Waals surface area contributed by atoms with Gasteiger partial charge in [-0.1, -0.05) is 28.1 Å². The van der Waals surface area contributed by atoms with Gasteiger partial charge in [-0.2, -0.15) is 4.98 Å². The molecule has 3 aromatic rings. The van der Waals surface area contributed by atoms with Gasteiger partial charge in [-0.05, 0) is 30.3 Å². The molecule has 0 aliphatic heterocycles. The van der Waals surface area contributed by atoms with Crippen LogP contribution in [0.3, 0.4) is 0 Å². The van der Waals surface area contributed by atoms with Crippen molar-refractivity contribution < 1.29 is 4.74 Å². The molecule has 2 heterocycles. The standard InChI is InChI=1S/C14H12BrN3O/c15-10-4-3-5-11(8-10)19-14-12(9-16)18-7-2-1-6-13(18)17-14/h1-8H,9,16H2. The van der Waals surface area contributed by atoms with Crippen molar-refractivity contribution in [3.8, 4) is 11.6 Å². The Balaban J connectivity index is 2.05. The van der Waals surface area contributed by atoms with Crippen LogP contribution < -0.4 is 10.5 Å². The first-order valence-electron chi connectivity index (χ1n) is 5.87. The molecule has 0 saturated carbocycles. The molecular formula is C14H12BrN3O. The second-order valence-corrected chi connectivity index (χ2v) is 4.97. The summed E-state index contributed by atoms with van der Waals surface area (Å²) >= 11 is 3.42. The van der Waals surface area contributed by atoms with Crippen molar-refractivity contribution in [2.45, 2.75) is 6.54 Å². The molecule has 5 heteroatoms. The number of nitrogens with two attached hydrogens (primary N) is 1. The Morgan fingerprint density at radius 3 is 2.89 bits per heavy atom. The zero-order chi connectivity index (χ0) is 13.2. The molecule has 19 heavy (non-hydrogen) atoms. The molecule has 4 nitrogen and oxygen atoms in total. The molecule has 2 N–H and O–H groups in total. The van der Waals surface area contributed by atoms with Gasteiger partial charge in [0.15, 0.2) is 0 Å². The summed E-state index contributed by atoms with van der Waals surface area (Å²) in [5.41, 5.74) is 7.48. The van der Waals surface area contributed by atoms with Gasteiger partial charge in [0, 0.05) is 17.2 Å². The quantitative estimate of drug-likeness (QED) is 0.806. The van der Waals surface area contributed by atoms with Crippen LogP contribution in [0.1, 0.15) is 5.69 Å². The maximum Gasteiger partial charge on any atom is 0.242 e. The Kier molecular flexibility index (Phi) is 3.23. The number of benzene rings is 1. The number of ether oxygens (including phenoxy) is 1. The zero-order valence-electron chi connectivity index (χ0n) is 10.1. The number of pyridine rings is 1. The second kappa shape index (κ2) is 5.03. The van der Waals surface area contributed by atoms with E-state index >= 15 is 0 Å². The molecule has 0 aliphatic carbocycles. The van der Waals surface area contributed by atoms with E-state index in [-0.39, 0.29) is 0 Å². The Bertz CT molecular complexity index is 724. The van der Waals surface area contributed by atoms with Crippen molar-refractivity contribution in [1.82, 2.24) is 9.38 Å². The third kappa shape index (κ3) is 2.34. The highest BCUT2D eigenvalue weighted by atomic mass is 79.9. The smallest absolute Gasteiger partial charge is 0.242 e. The monoisotopic (exact) mass is 317 g/mol. The maximum absolute atomic E-state index is 5.82. The molecule has 0 radical (unpaired) electrons. The van der Waals surface area contributed by atoms with Gasteiger partial charge in [-0.3, -0.25) is 4.40 Å². The van der Waals surface area contributed by atoms with Gasteiger partial charge in [0.05, 0.1) is 0 Å². The summed E-state index contributed by atoms with van der Waals surface area (Å²) in [6, 6.07) is 13.4. The van der Waals surface area contributed by atoms with Gasteiger partial charge in [0.1, 0.15) is 17.1 Å². The van der Waals surface area contributed by atoms with E-state index in [0.717, 1.165) is 21.6 Å². The van der Waals surface area contributed by atoms with Crippen LogP contribution in [0.4, 0.5) is 0 Å². The predicted molar refractivity (Wildman–Crippen MR) is 77.3 cm³/mol. The number of aromatic nitrogens is 2. The highest BCUT2D eigenvalue weighted by Gasteiger charge is 2.12. The van der Waals surface area contributed by atoms with E-state index in [0.29, 0.717) is 12.4 Å². The van der Waals surface area contributed by atoms with Crippen LogP contribution in [0.5, 0.6) is 11.6 Å². The van der Waals surface area contributed by atoms with Crippen molar-refractivity contribution in [1.29, 1.82) is 0 Å². The van der Waals surface area contributed by atoms with Crippen molar-refractivity contribution in [3.05, 3.63) is 58.8 Å². The van der Waals surface area contributed by atoms with E-state index < -0.39 is 0 Å². The minimum Gasteiger partial charge on any atom is -0.437 e. The summed E-state index contributed by atoms with van der Waals surface area (Å²) < 4.78 is 8.72. The maximum atomic E-state index is 5.82. The van der Waals surface area contributed by atoms with Crippen LogP contribution in [0.15, 0.2) is 53.1 Å². The lowest BCUT2D eigenvalue weighted by molar-refractivity contribution is 0.459. The molecule has 0 unspecified atom stereocenters. The lowest BCUT2D eigenvalue weighted by Gasteiger charge is -2.05. The van der Waals surface area contributed by atoms with Gasteiger partial charge in [-0.25, -0.2) is 0 Å². The SMILES string of the molecule is NCc1c(Oc2cccc(Br)c2)nc2ccccn12. The zero-order valence-corrected chi connectivity index (χ0v) is 11.7. The first kappa shape index (κ1) is 12.2. The Labute approximate surface area is 119 Å². The van der Waals surface area contributed by atoms with E-state index in [4.69, 9.17) is 10.5 Å². The van der Waals surface area contributed by atoms with E-state index in [1.54, 1.807) is 0 Å². The van der Waals surface area contributed by atoms with Crippen molar-refractivity contribution in [2.75, 3.05) is 0 Å². The van der Waals surface area contributed by atoms with E-state index in [1.807, 2.05) is 53.1 Å².